The molecule has 1 aromatic heterocycles. The lowest BCUT2D eigenvalue weighted by Gasteiger charge is -1.91. The van der Waals surface area contributed by atoms with E-state index in [0.29, 0.717) is 5.56 Å². The van der Waals surface area contributed by atoms with E-state index in [2.05, 4.69) is 11.6 Å². The Morgan fingerprint density at radius 2 is 2.33 bits per heavy atom. The maximum absolute atomic E-state index is 10.5. The van der Waals surface area contributed by atoms with E-state index >= 15 is 0 Å². The van der Waals surface area contributed by atoms with Crippen molar-refractivity contribution in [2.75, 3.05) is 0 Å². The summed E-state index contributed by atoms with van der Waals surface area (Å²) in [6.07, 6.45) is 7.99. The Balaban J connectivity index is 3.21. The van der Waals surface area contributed by atoms with Gasteiger partial charge in [0.2, 0.25) is 0 Å². The van der Waals surface area contributed by atoms with Gasteiger partial charge in [0.1, 0.15) is 0 Å². The molecule has 0 aromatic carbocycles. The molecule has 0 aliphatic heterocycles. The van der Waals surface area contributed by atoms with Crippen molar-refractivity contribution < 1.29 is 4.79 Å². The highest BCUT2D eigenvalue weighted by Gasteiger charge is 2.03. The molecule has 0 spiro atoms. The zero-order valence-electron chi connectivity index (χ0n) is 7.00. The Hall–Kier alpha value is -1.57. The molecule has 1 N–H and O–H groups in total. The molecular formula is C10H11NO. The summed E-state index contributed by atoms with van der Waals surface area (Å²) in [5.74, 6) is 0. The molecule has 1 rings (SSSR count). The first-order chi connectivity index (χ1) is 5.83. The quantitative estimate of drug-likeness (QED) is 0.679. The smallest absolute Gasteiger partial charge is 0.152 e. The van der Waals surface area contributed by atoms with Crippen molar-refractivity contribution in [3.8, 4) is 0 Å². The largest absolute Gasteiger partial charge is 0.360 e. The van der Waals surface area contributed by atoms with Gasteiger partial charge in [-0.1, -0.05) is 18.7 Å². The number of hydrogen-bond donors (Lipinski definition) is 1. The maximum atomic E-state index is 10.5. The topological polar surface area (TPSA) is 32.9 Å². The standard InChI is InChI=1S/C10H11NO/c1-3-5-10-9(4-2)8(7-12)6-11-10/h3-7,11H,2H2,1H3/b5-3-. The lowest BCUT2D eigenvalue weighted by Crippen LogP contribution is -1.79. The number of hydrogen-bond acceptors (Lipinski definition) is 1. The summed E-state index contributed by atoms with van der Waals surface area (Å²) in [7, 11) is 0. The molecule has 0 atom stereocenters. The number of H-pyrrole nitrogens is 1. The highest BCUT2D eigenvalue weighted by atomic mass is 16.1. The van der Waals surface area contributed by atoms with Crippen molar-refractivity contribution in [2.45, 2.75) is 6.92 Å². The van der Waals surface area contributed by atoms with E-state index in [1.54, 1.807) is 12.3 Å². The van der Waals surface area contributed by atoms with Crippen LogP contribution in [-0.4, -0.2) is 11.3 Å². The van der Waals surface area contributed by atoms with Gasteiger partial charge in [0.15, 0.2) is 6.29 Å². The van der Waals surface area contributed by atoms with Crippen LogP contribution in [-0.2, 0) is 0 Å². The van der Waals surface area contributed by atoms with Crippen LogP contribution in [0.2, 0.25) is 0 Å². The molecule has 0 saturated heterocycles. The molecule has 0 saturated carbocycles. The lowest BCUT2D eigenvalue weighted by molar-refractivity contribution is 0.112. The Morgan fingerprint density at radius 1 is 1.58 bits per heavy atom. The van der Waals surface area contributed by atoms with Gasteiger partial charge in [-0.15, -0.1) is 0 Å². The molecule has 2 nitrogen and oxygen atoms in total. The molecule has 1 aromatic rings. The van der Waals surface area contributed by atoms with Crippen LogP contribution in [0.15, 0.2) is 18.9 Å². The molecule has 12 heavy (non-hydrogen) atoms. The van der Waals surface area contributed by atoms with Crippen LogP contribution < -0.4 is 0 Å². The fourth-order valence-corrected chi connectivity index (χ4v) is 1.10. The molecule has 0 aliphatic rings. The summed E-state index contributed by atoms with van der Waals surface area (Å²) in [5.41, 5.74) is 2.44. The highest BCUT2D eigenvalue weighted by molar-refractivity contribution is 5.84. The second-order valence-electron chi connectivity index (χ2n) is 2.39. The summed E-state index contributed by atoms with van der Waals surface area (Å²) in [6.45, 7) is 5.57. The fraction of sp³-hybridized carbons (Fsp3) is 0.100. The van der Waals surface area contributed by atoms with Crippen LogP contribution >= 0.6 is 0 Å². The minimum Gasteiger partial charge on any atom is -0.360 e. The number of aromatic nitrogens is 1. The molecule has 0 bridgehead atoms. The van der Waals surface area contributed by atoms with Crippen molar-refractivity contribution >= 4 is 18.4 Å². The number of carbonyl (C=O) groups excluding carboxylic acids is 1. The second kappa shape index (κ2) is 3.72. The third-order valence-electron chi connectivity index (χ3n) is 1.65. The SMILES string of the molecule is C=Cc1c(C=O)c[nH]c1/C=C\C. The van der Waals surface area contributed by atoms with Crippen LogP contribution in [0.25, 0.3) is 12.2 Å². The first-order valence-corrected chi connectivity index (χ1v) is 3.75. The minimum atomic E-state index is 0.651. The monoisotopic (exact) mass is 161 g/mol. The molecule has 0 radical (unpaired) electrons. The summed E-state index contributed by atoms with van der Waals surface area (Å²) >= 11 is 0. The number of nitrogens with one attached hydrogen (secondary N) is 1. The van der Waals surface area contributed by atoms with Crippen LogP contribution in [0.1, 0.15) is 28.5 Å². The number of allylic oxidation sites excluding steroid dienone is 1. The third-order valence-corrected chi connectivity index (χ3v) is 1.65. The summed E-state index contributed by atoms with van der Waals surface area (Å²) < 4.78 is 0. The molecule has 2 heteroatoms. The predicted molar refractivity (Wildman–Crippen MR) is 51.0 cm³/mol. The molecular weight excluding hydrogens is 150 g/mol. The molecule has 0 unspecified atom stereocenters. The van der Waals surface area contributed by atoms with E-state index in [1.807, 2.05) is 19.1 Å². The van der Waals surface area contributed by atoms with Gasteiger partial charge in [0, 0.05) is 23.0 Å². The normalized spacial score (nSPS) is 10.4. The Bertz CT molecular complexity index is 321. The van der Waals surface area contributed by atoms with Gasteiger partial charge in [0.25, 0.3) is 0 Å². The van der Waals surface area contributed by atoms with Crippen molar-refractivity contribution in [2.24, 2.45) is 0 Å². The van der Waals surface area contributed by atoms with Gasteiger partial charge in [0.05, 0.1) is 0 Å². The van der Waals surface area contributed by atoms with Gasteiger partial charge in [-0.3, -0.25) is 4.79 Å². The van der Waals surface area contributed by atoms with Crippen LogP contribution in [0.3, 0.4) is 0 Å². The van der Waals surface area contributed by atoms with Crippen LogP contribution in [0, 0.1) is 0 Å². The molecule has 0 aliphatic carbocycles. The average molecular weight is 161 g/mol. The van der Waals surface area contributed by atoms with E-state index in [9.17, 15) is 4.79 Å². The lowest BCUT2D eigenvalue weighted by atomic mass is 10.1. The van der Waals surface area contributed by atoms with Crippen molar-refractivity contribution in [1.29, 1.82) is 0 Å². The van der Waals surface area contributed by atoms with Gasteiger partial charge in [-0.05, 0) is 13.0 Å². The van der Waals surface area contributed by atoms with Gasteiger partial charge in [-0.2, -0.15) is 0 Å². The fourth-order valence-electron chi connectivity index (χ4n) is 1.10. The van der Waals surface area contributed by atoms with E-state index in [4.69, 9.17) is 0 Å². The van der Waals surface area contributed by atoms with Gasteiger partial charge >= 0.3 is 0 Å². The Morgan fingerprint density at radius 3 is 2.83 bits per heavy atom. The predicted octanol–water partition coefficient (Wildman–Crippen LogP) is 2.50. The van der Waals surface area contributed by atoms with Crippen molar-refractivity contribution in [1.82, 2.24) is 4.98 Å². The first kappa shape index (κ1) is 8.53. The molecule has 62 valence electrons. The number of rotatable bonds is 3. The van der Waals surface area contributed by atoms with Crippen LogP contribution in [0.5, 0.6) is 0 Å². The Labute approximate surface area is 71.6 Å². The van der Waals surface area contributed by atoms with Crippen molar-refractivity contribution in [3.63, 3.8) is 0 Å². The van der Waals surface area contributed by atoms with E-state index in [-0.39, 0.29) is 0 Å². The van der Waals surface area contributed by atoms with Gasteiger partial charge in [-0.25, -0.2) is 0 Å². The number of carbonyl (C=O) groups is 1. The molecule has 0 amide bonds. The van der Waals surface area contributed by atoms with Crippen molar-refractivity contribution in [3.05, 3.63) is 35.7 Å². The summed E-state index contributed by atoms with van der Waals surface area (Å²) in [4.78, 5) is 13.5. The van der Waals surface area contributed by atoms with Crippen LogP contribution in [0.4, 0.5) is 0 Å². The zero-order valence-corrected chi connectivity index (χ0v) is 7.00. The number of aldehydes is 1. The average Bonchev–Trinajstić information content (AvgIpc) is 2.47. The second-order valence-corrected chi connectivity index (χ2v) is 2.39. The molecule has 0 fully saturated rings. The van der Waals surface area contributed by atoms with E-state index in [1.165, 1.54) is 0 Å². The third kappa shape index (κ3) is 1.37. The molecule has 1 heterocycles. The van der Waals surface area contributed by atoms with E-state index < -0.39 is 0 Å². The summed E-state index contributed by atoms with van der Waals surface area (Å²) in [6, 6.07) is 0. The maximum Gasteiger partial charge on any atom is 0.152 e. The number of aromatic amines is 1. The van der Waals surface area contributed by atoms with E-state index in [0.717, 1.165) is 17.5 Å². The zero-order chi connectivity index (χ0) is 8.97. The Kier molecular flexibility index (Phi) is 2.64. The first-order valence-electron chi connectivity index (χ1n) is 3.75. The highest BCUT2D eigenvalue weighted by Crippen LogP contribution is 2.14. The summed E-state index contributed by atoms with van der Waals surface area (Å²) in [5, 5.41) is 0. The minimum absolute atomic E-state index is 0.651. The van der Waals surface area contributed by atoms with Gasteiger partial charge < -0.3 is 4.98 Å².